The van der Waals surface area contributed by atoms with Crippen LogP contribution in [0.3, 0.4) is 0 Å². The van der Waals surface area contributed by atoms with Crippen LogP contribution in [0.2, 0.25) is 0 Å². The summed E-state index contributed by atoms with van der Waals surface area (Å²) >= 11 is 0. The second kappa shape index (κ2) is 13.0. The van der Waals surface area contributed by atoms with Gasteiger partial charge in [0.25, 0.3) is 5.91 Å². The Hall–Kier alpha value is -3.89. The first-order valence-electron chi connectivity index (χ1n) is 14.2. The van der Waals surface area contributed by atoms with Gasteiger partial charge in [-0.2, -0.15) is 0 Å². The molecule has 42 heavy (non-hydrogen) atoms. The summed E-state index contributed by atoms with van der Waals surface area (Å²) < 4.78 is 30.0. The van der Waals surface area contributed by atoms with Crippen LogP contribution < -0.4 is 10.2 Å². The summed E-state index contributed by atoms with van der Waals surface area (Å²) in [4.78, 5) is 29.5. The van der Waals surface area contributed by atoms with Crippen LogP contribution >= 0.6 is 0 Å². The molecule has 10 heteroatoms. The zero-order chi connectivity index (χ0) is 30.6. The Bertz CT molecular complexity index is 1700. The number of benzene rings is 1. The molecule has 0 spiro atoms. The van der Waals surface area contributed by atoms with Crippen molar-refractivity contribution in [3.8, 4) is 11.4 Å². The van der Waals surface area contributed by atoms with E-state index in [0.29, 0.717) is 11.3 Å². The summed E-state index contributed by atoms with van der Waals surface area (Å²) in [6.45, 7) is 13.7. The molecule has 1 N–H and O–H groups in total. The molecule has 4 heterocycles. The minimum atomic E-state index is -3.44. The molecule has 0 radical (unpaired) electrons. The predicted molar refractivity (Wildman–Crippen MR) is 169 cm³/mol. The topological polar surface area (TPSA) is 114 Å². The number of sulfone groups is 1. The molecule has 224 valence electrons. The average molecular weight is 592 g/mol. The fourth-order valence-electron chi connectivity index (χ4n) is 5.04. The van der Waals surface area contributed by atoms with E-state index in [4.69, 9.17) is 14.7 Å². The Labute approximate surface area is 249 Å². The van der Waals surface area contributed by atoms with Gasteiger partial charge < -0.3 is 15.0 Å². The first-order chi connectivity index (χ1) is 20.0. The maximum absolute atomic E-state index is 12.8. The van der Waals surface area contributed by atoms with Crippen molar-refractivity contribution >= 4 is 32.5 Å². The molecule has 4 aromatic rings. The highest BCUT2D eigenvalue weighted by molar-refractivity contribution is 7.90. The Morgan fingerprint density at radius 3 is 2.31 bits per heavy atom. The summed E-state index contributed by atoms with van der Waals surface area (Å²) in [5, 5.41) is 3.70. The normalized spacial score (nSPS) is 17.0. The lowest BCUT2D eigenvalue weighted by Crippen LogP contribution is -2.46. The number of ether oxygens (including phenoxy) is 1. The van der Waals surface area contributed by atoms with Gasteiger partial charge in [0.05, 0.1) is 46.2 Å². The molecule has 9 nitrogen and oxygen atoms in total. The maximum atomic E-state index is 12.8. The van der Waals surface area contributed by atoms with Crippen molar-refractivity contribution in [3.63, 3.8) is 0 Å². The number of hydrogen-bond donors (Lipinski definition) is 1. The van der Waals surface area contributed by atoms with E-state index in [1.165, 1.54) is 6.07 Å². The van der Waals surface area contributed by atoms with Crippen LogP contribution in [0, 0.1) is 13.8 Å². The van der Waals surface area contributed by atoms with Gasteiger partial charge in [0.15, 0.2) is 9.84 Å². The molecule has 1 aliphatic rings. The van der Waals surface area contributed by atoms with Gasteiger partial charge in [0.1, 0.15) is 5.82 Å². The van der Waals surface area contributed by atoms with Gasteiger partial charge in [-0.15, -0.1) is 0 Å². The molecule has 0 saturated carbocycles. The largest absolute Gasteiger partial charge is 0.372 e. The molecule has 0 unspecified atom stereocenters. The smallest absolute Gasteiger partial charge is 0.251 e. The van der Waals surface area contributed by atoms with Crippen LogP contribution in [0.4, 0.5) is 5.82 Å². The lowest BCUT2D eigenvalue weighted by Gasteiger charge is -2.36. The number of carbonyl (C=O) groups is 1. The van der Waals surface area contributed by atoms with E-state index >= 15 is 0 Å². The van der Waals surface area contributed by atoms with Crippen molar-refractivity contribution in [3.05, 3.63) is 77.1 Å². The van der Waals surface area contributed by atoms with E-state index in [1.54, 1.807) is 25.3 Å². The van der Waals surface area contributed by atoms with Crippen LogP contribution in [-0.4, -0.2) is 60.8 Å². The maximum Gasteiger partial charge on any atom is 0.251 e. The summed E-state index contributed by atoms with van der Waals surface area (Å²) in [5.41, 5.74) is 4.88. The number of anilines is 1. The lowest BCUT2D eigenvalue weighted by atomic mass is 10.1. The first-order valence-corrected chi connectivity index (χ1v) is 16.1. The van der Waals surface area contributed by atoms with Gasteiger partial charge >= 0.3 is 0 Å². The van der Waals surface area contributed by atoms with E-state index in [0.717, 1.165) is 53.0 Å². The van der Waals surface area contributed by atoms with Gasteiger partial charge in [-0.25, -0.2) is 18.4 Å². The minimum Gasteiger partial charge on any atom is -0.372 e. The third-order valence-electron chi connectivity index (χ3n) is 6.96. The Kier molecular flexibility index (Phi) is 9.58. The number of pyridine rings is 3. The lowest BCUT2D eigenvalue weighted by molar-refractivity contribution is -0.00548. The number of aromatic nitrogens is 3. The van der Waals surface area contributed by atoms with Crippen molar-refractivity contribution in [1.82, 2.24) is 20.3 Å². The van der Waals surface area contributed by atoms with E-state index in [1.807, 2.05) is 38.1 Å². The number of nitrogens with zero attached hydrogens (tertiary/aromatic N) is 4. The average Bonchev–Trinajstić information content (AvgIpc) is 2.96. The van der Waals surface area contributed by atoms with Crippen molar-refractivity contribution < 1.29 is 19.4 Å². The molecule has 3 aromatic heterocycles. The molecular formula is C32H41N5O4S. The van der Waals surface area contributed by atoms with Gasteiger partial charge in [-0.05, 0) is 75.2 Å². The van der Waals surface area contributed by atoms with Crippen LogP contribution in [0.1, 0.15) is 56.3 Å². The molecule has 0 bridgehead atoms. The molecule has 1 aromatic carbocycles. The number of fused-ring (bicyclic) bond motifs is 1. The monoisotopic (exact) mass is 591 g/mol. The summed E-state index contributed by atoms with van der Waals surface area (Å²) in [6.07, 6.45) is 3.12. The standard InChI is InChI=1S/C30H33N5O4S.C2H6.H2/c1-18-6-8-22(12-28(18)40(5,37)38)30(36)32-15-24-13-27-23(14-31-24)9-11-25(33-27)26-10-7-19(2)29(34-26)35-16-20(3)39-21(4)17-35;1-2;/h6-14,20-21H,15-17H2,1-5H3,(H,32,36);1-2H3;1H/t20-,21+;;. The Morgan fingerprint density at radius 2 is 1.62 bits per heavy atom. The van der Waals surface area contributed by atoms with E-state index in [2.05, 4.69) is 42.0 Å². The molecule has 1 fully saturated rings. The molecule has 1 amide bonds. The second-order valence-corrected chi connectivity index (χ2v) is 12.5. The van der Waals surface area contributed by atoms with Crippen LogP contribution in [0.25, 0.3) is 22.3 Å². The van der Waals surface area contributed by atoms with Gasteiger partial charge in [-0.1, -0.05) is 26.0 Å². The van der Waals surface area contributed by atoms with Crippen LogP contribution in [-0.2, 0) is 21.1 Å². The van der Waals surface area contributed by atoms with Crippen molar-refractivity contribution in [2.75, 3.05) is 24.2 Å². The van der Waals surface area contributed by atoms with E-state index < -0.39 is 9.84 Å². The molecule has 1 aliphatic heterocycles. The Morgan fingerprint density at radius 1 is 0.976 bits per heavy atom. The summed E-state index contributed by atoms with van der Waals surface area (Å²) in [5.74, 6) is 0.561. The van der Waals surface area contributed by atoms with Crippen molar-refractivity contribution in [1.29, 1.82) is 0 Å². The SMILES string of the molecule is CC.Cc1ccc(C(=O)NCc2cc3nc(-c4ccc(C)c(N5C[C@@H](C)O[C@@H](C)C5)n4)ccc3cn2)cc1S(C)(=O)=O.[HH]. The van der Waals surface area contributed by atoms with Gasteiger partial charge in [0.2, 0.25) is 0 Å². The highest BCUT2D eigenvalue weighted by Crippen LogP contribution is 2.27. The van der Waals surface area contributed by atoms with Crippen LogP contribution in [0.15, 0.2) is 59.6 Å². The number of morpholine rings is 1. The third-order valence-corrected chi connectivity index (χ3v) is 8.20. The quantitative estimate of drug-likeness (QED) is 0.311. The number of hydrogen-bond acceptors (Lipinski definition) is 8. The van der Waals surface area contributed by atoms with E-state index in [-0.39, 0.29) is 36.5 Å². The summed E-state index contributed by atoms with van der Waals surface area (Å²) in [7, 11) is -3.44. The van der Waals surface area contributed by atoms with E-state index in [9.17, 15) is 13.2 Å². The number of nitrogens with one attached hydrogen (secondary N) is 1. The molecule has 5 rings (SSSR count). The number of carbonyl (C=O) groups excluding carboxylic acids is 1. The predicted octanol–water partition coefficient (Wildman–Crippen LogP) is 5.53. The second-order valence-electron chi connectivity index (χ2n) is 10.5. The van der Waals surface area contributed by atoms with Crippen molar-refractivity contribution in [2.45, 2.75) is 65.2 Å². The molecule has 0 aliphatic carbocycles. The Balaban J connectivity index is 0.00000165. The number of aryl methyl sites for hydroxylation is 2. The number of rotatable bonds is 6. The van der Waals surface area contributed by atoms with Gasteiger partial charge in [-0.3, -0.25) is 9.78 Å². The van der Waals surface area contributed by atoms with Crippen LogP contribution in [0.5, 0.6) is 0 Å². The molecule has 2 atom stereocenters. The van der Waals surface area contributed by atoms with Crippen molar-refractivity contribution in [2.24, 2.45) is 0 Å². The zero-order valence-electron chi connectivity index (χ0n) is 25.3. The molecule has 1 saturated heterocycles. The fraction of sp³-hybridized carbons (Fsp3) is 0.375. The fourth-order valence-corrected chi connectivity index (χ4v) is 6.04. The van der Waals surface area contributed by atoms with Gasteiger partial charge in [0, 0.05) is 37.9 Å². The zero-order valence-corrected chi connectivity index (χ0v) is 26.1. The minimum absolute atomic E-state index is 0. The highest BCUT2D eigenvalue weighted by atomic mass is 32.2. The first kappa shape index (κ1) is 31.1. The highest BCUT2D eigenvalue weighted by Gasteiger charge is 2.24. The summed E-state index contributed by atoms with van der Waals surface area (Å²) in [6, 6.07) is 14.5. The third kappa shape index (κ3) is 7.11. The number of amides is 1. The molecular weight excluding hydrogens is 550 g/mol.